The minimum absolute atomic E-state index is 0.0356. The van der Waals surface area contributed by atoms with Gasteiger partial charge in [-0.15, -0.1) is 11.3 Å². The van der Waals surface area contributed by atoms with Gasteiger partial charge in [0.25, 0.3) is 5.69 Å². The van der Waals surface area contributed by atoms with E-state index in [0.29, 0.717) is 22.8 Å². The summed E-state index contributed by atoms with van der Waals surface area (Å²) in [6, 6.07) is 13.2. The van der Waals surface area contributed by atoms with Gasteiger partial charge in [0.2, 0.25) is 5.78 Å². The summed E-state index contributed by atoms with van der Waals surface area (Å²) < 4.78 is 11.5. The molecule has 1 aromatic heterocycles. The molecule has 0 atom stereocenters. The van der Waals surface area contributed by atoms with E-state index in [9.17, 15) is 14.9 Å². The molecule has 0 bridgehead atoms. The van der Waals surface area contributed by atoms with Crippen molar-refractivity contribution < 1.29 is 19.2 Å². The summed E-state index contributed by atoms with van der Waals surface area (Å²) in [6.07, 6.45) is 1.76. The number of aryl methyl sites for hydroxylation is 1. The number of nitrogens with zero attached hydrogens (tertiary/aromatic N) is 1. The molecule has 1 aliphatic heterocycles. The van der Waals surface area contributed by atoms with Crippen LogP contribution in [0.4, 0.5) is 5.69 Å². The van der Waals surface area contributed by atoms with Gasteiger partial charge >= 0.3 is 0 Å². The third-order valence-corrected chi connectivity index (χ3v) is 5.32. The Bertz CT molecular complexity index is 1100. The molecule has 2 aromatic carbocycles. The predicted molar refractivity (Wildman–Crippen MR) is 106 cm³/mol. The van der Waals surface area contributed by atoms with Crippen LogP contribution < -0.4 is 9.47 Å². The molecule has 0 unspecified atom stereocenters. The van der Waals surface area contributed by atoms with E-state index in [1.807, 2.05) is 18.4 Å². The smallest absolute Gasteiger partial charge is 0.269 e. The van der Waals surface area contributed by atoms with Crippen molar-refractivity contribution >= 4 is 28.9 Å². The van der Waals surface area contributed by atoms with Gasteiger partial charge in [0.15, 0.2) is 5.76 Å². The molecular weight excluding hydrogens is 378 g/mol. The summed E-state index contributed by atoms with van der Waals surface area (Å²) in [4.78, 5) is 23.8. The first-order chi connectivity index (χ1) is 13.5. The normalized spacial score (nSPS) is 14.0. The largest absolute Gasteiger partial charge is 0.489 e. The number of fused-ring (bicyclic) bond motifs is 1. The molecule has 28 heavy (non-hydrogen) atoms. The van der Waals surface area contributed by atoms with Gasteiger partial charge in [-0.1, -0.05) is 0 Å². The van der Waals surface area contributed by atoms with Crippen molar-refractivity contribution in [1.29, 1.82) is 0 Å². The first-order valence-electron chi connectivity index (χ1n) is 8.50. The molecule has 4 rings (SSSR count). The van der Waals surface area contributed by atoms with Crippen LogP contribution in [-0.4, -0.2) is 10.7 Å². The van der Waals surface area contributed by atoms with Crippen molar-refractivity contribution in [3.63, 3.8) is 0 Å². The van der Waals surface area contributed by atoms with Crippen LogP contribution in [0, 0.1) is 17.0 Å². The number of non-ortho nitro benzene ring substituents is 1. The monoisotopic (exact) mass is 393 g/mol. The second kappa shape index (κ2) is 7.28. The highest BCUT2D eigenvalue weighted by Gasteiger charge is 2.28. The molecular formula is C21H15NO5S. The number of rotatable bonds is 5. The molecule has 0 spiro atoms. The Hall–Kier alpha value is -3.45. The summed E-state index contributed by atoms with van der Waals surface area (Å²) in [5.74, 6) is 1.17. The summed E-state index contributed by atoms with van der Waals surface area (Å²) >= 11 is 1.55. The molecule has 1 aliphatic rings. The maximum atomic E-state index is 12.5. The highest BCUT2D eigenvalue weighted by Crippen LogP contribution is 2.35. The lowest BCUT2D eigenvalue weighted by atomic mass is 10.1. The zero-order valence-electron chi connectivity index (χ0n) is 14.9. The molecule has 6 nitrogen and oxygen atoms in total. The van der Waals surface area contributed by atoms with E-state index in [2.05, 4.69) is 0 Å². The van der Waals surface area contributed by atoms with Gasteiger partial charge in [0, 0.05) is 29.2 Å². The summed E-state index contributed by atoms with van der Waals surface area (Å²) in [6.45, 7) is 2.24. The number of carbonyl (C=O) groups is 1. The van der Waals surface area contributed by atoms with Crippen LogP contribution in [0.2, 0.25) is 0 Å². The zero-order chi connectivity index (χ0) is 19.7. The number of thiophene rings is 1. The number of nitro benzene ring substituents is 1. The topological polar surface area (TPSA) is 78.7 Å². The van der Waals surface area contributed by atoms with E-state index in [-0.39, 0.29) is 18.1 Å². The van der Waals surface area contributed by atoms with Crippen LogP contribution in [0.5, 0.6) is 11.5 Å². The average Bonchev–Trinajstić information content (AvgIpc) is 3.23. The Morgan fingerprint density at radius 2 is 1.96 bits per heavy atom. The molecule has 0 saturated heterocycles. The van der Waals surface area contributed by atoms with Crippen LogP contribution in [0.15, 0.2) is 59.7 Å². The summed E-state index contributed by atoms with van der Waals surface area (Å²) in [5, 5.41) is 12.7. The zero-order valence-corrected chi connectivity index (χ0v) is 15.7. The predicted octanol–water partition coefficient (Wildman–Crippen LogP) is 5.16. The number of nitro groups is 1. The van der Waals surface area contributed by atoms with Crippen molar-refractivity contribution in [2.24, 2.45) is 0 Å². The number of Topliss-reactive ketones (excluding diaryl/α,β-unsaturated/α-hetero) is 1. The molecule has 0 aliphatic carbocycles. The maximum absolute atomic E-state index is 12.5. The average molecular weight is 393 g/mol. The van der Waals surface area contributed by atoms with Crippen LogP contribution in [0.1, 0.15) is 26.4 Å². The quantitative estimate of drug-likeness (QED) is 0.340. The van der Waals surface area contributed by atoms with Crippen molar-refractivity contribution in [2.45, 2.75) is 13.5 Å². The standard InChI is InChI=1S/C21H15NO5S/c1-13-8-9-28-20(13)11-19-21(23)17-7-6-16(10-18(17)27-19)26-12-14-2-4-15(5-3-14)22(24)25/h2-11H,12H2,1H3/b19-11+. The molecule has 3 aromatic rings. The molecule has 0 amide bonds. The summed E-state index contributed by atoms with van der Waals surface area (Å²) in [7, 11) is 0. The third-order valence-electron chi connectivity index (χ3n) is 4.36. The van der Waals surface area contributed by atoms with Gasteiger partial charge in [-0.25, -0.2) is 0 Å². The first-order valence-corrected chi connectivity index (χ1v) is 9.38. The number of ether oxygens (including phenoxy) is 2. The molecule has 0 fully saturated rings. The lowest BCUT2D eigenvalue weighted by Crippen LogP contribution is -1.97. The van der Waals surface area contributed by atoms with E-state index < -0.39 is 4.92 Å². The van der Waals surface area contributed by atoms with Crippen molar-refractivity contribution in [2.75, 3.05) is 0 Å². The van der Waals surface area contributed by atoms with Crippen molar-refractivity contribution in [3.8, 4) is 11.5 Å². The Morgan fingerprint density at radius 1 is 1.18 bits per heavy atom. The molecule has 7 heteroatoms. The van der Waals surface area contributed by atoms with Gasteiger partial charge in [-0.05, 0) is 53.8 Å². The SMILES string of the molecule is Cc1ccsc1/C=C1/Oc2cc(OCc3ccc([N+](=O)[O-])cc3)ccc2C1=O. The Kier molecular flexibility index (Phi) is 4.67. The van der Waals surface area contributed by atoms with Gasteiger partial charge in [0.05, 0.1) is 10.5 Å². The lowest BCUT2D eigenvalue weighted by Gasteiger charge is -2.07. The second-order valence-electron chi connectivity index (χ2n) is 6.28. The van der Waals surface area contributed by atoms with Crippen LogP contribution >= 0.6 is 11.3 Å². The molecule has 0 N–H and O–H groups in total. The molecule has 0 radical (unpaired) electrons. The third kappa shape index (κ3) is 3.52. The Balaban J connectivity index is 1.48. The lowest BCUT2D eigenvalue weighted by molar-refractivity contribution is -0.384. The van der Waals surface area contributed by atoms with Gasteiger partial charge in [-0.2, -0.15) is 0 Å². The highest BCUT2D eigenvalue weighted by atomic mass is 32.1. The van der Waals surface area contributed by atoms with Crippen molar-refractivity contribution in [1.82, 2.24) is 0 Å². The van der Waals surface area contributed by atoms with E-state index in [1.54, 1.807) is 47.7 Å². The number of carbonyl (C=O) groups excluding carboxylic acids is 1. The van der Waals surface area contributed by atoms with E-state index in [4.69, 9.17) is 9.47 Å². The number of benzene rings is 2. The Labute approximate surface area is 164 Å². The number of hydrogen-bond acceptors (Lipinski definition) is 6. The van der Waals surface area contributed by atoms with E-state index in [1.165, 1.54) is 12.1 Å². The van der Waals surface area contributed by atoms with Crippen LogP contribution in [0.25, 0.3) is 6.08 Å². The minimum atomic E-state index is -0.442. The number of allylic oxidation sites excluding steroid dienone is 1. The highest BCUT2D eigenvalue weighted by molar-refractivity contribution is 7.11. The van der Waals surface area contributed by atoms with E-state index in [0.717, 1.165) is 16.0 Å². The first kappa shape index (κ1) is 17.9. The molecule has 2 heterocycles. The Morgan fingerprint density at radius 3 is 2.64 bits per heavy atom. The van der Waals surface area contributed by atoms with Crippen LogP contribution in [0.3, 0.4) is 0 Å². The van der Waals surface area contributed by atoms with E-state index >= 15 is 0 Å². The number of ketones is 1. The van der Waals surface area contributed by atoms with Gasteiger partial charge in [-0.3, -0.25) is 14.9 Å². The van der Waals surface area contributed by atoms with Crippen molar-refractivity contribution in [3.05, 3.63) is 91.4 Å². The van der Waals surface area contributed by atoms with Gasteiger partial charge < -0.3 is 9.47 Å². The number of hydrogen-bond donors (Lipinski definition) is 0. The fourth-order valence-electron chi connectivity index (χ4n) is 2.79. The fraction of sp³-hybridized carbons (Fsp3) is 0.0952. The van der Waals surface area contributed by atoms with Crippen LogP contribution in [-0.2, 0) is 6.61 Å². The maximum Gasteiger partial charge on any atom is 0.269 e. The summed E-state index contributed by atoms with van der Waals surface area (Å²) in [5.41, 5.74) is 2.44. The van der Waals surface area contributed by atoms with Gasteiger partial charge in [0.1, 0.15) is 18.1 Å². The fourth-order valence-corrected chi connectivity index (χ4v) is 3.64. The minimum Gasteiger partial charge on any atom is -0.489 e. The second-order valence-corrected chi connectivity index (χ2v) is 7.23. The molecule has 140 valence electrons. The molecule has 0 saturated carbocycles.